The first-order valence-electron chi connectivity index (χ1n) is 3.56. The van der Waals surface area contributed by atoms with Crippen LogP contribution in [0, 0.1) is 5.82 Å². The van der Waals surface area contributed by atoms with Gasteiger partial charge in [-0.05, 0) is 6.07 Å². The molecule has 12 heavy (non-hydrogen) atoms. The molecule has 0 amide bonds. The van der Waals surface area contributed by atoms with E-state index >= 15 is 0 Å². The summed E-state index contributed by atoms with van der Waals surface area (Å²) in [5.74, 6) is -0.0753. The van der Waals surface area contributed by atoms with E-state index in [1.165, 1.54) is 6.07 Å². The molecule has 1 heterocycles. The summed E-state index contributed by atoms with van der Waals surface area (Å²) < 4.78 is 18.0. The number of fused-ring (bicyclic) bond motifs is 1. The zero-order valence-corrected chi connectivity index (χ0v) is 6.94. The highest BCUT2D eigenvalue weighted by Gasteiger charge is 2.24. The quantitative estimate of drug-likeness (QED) is 0.673. The standard InChI is InChI=1S/C8H7ClFNO/c9-7-5(10)2-1-4-6(11)3-12-8(4)7/h1-2,6H,3,11H2. The highest BCUT2D eigenvalue weighted by molar-refractivity contribution is 6.32. The normalized spacial score (nSPS) is 20.4. The van der Waals surface area contributed by atoms with Crippen LogP contribution >= 0.6 is 11.6 Å². The number of halogens is 2. The van der Waals surface area contributed by atoms with E-state index in [0.29, 0.717) is 12.4 Å². The SMILES string of the molecule is NC1COc2c1ccc(F)c2Cl. The molecule has 2 N–H and O–H groups in total. The van der Waals surface area contributed by atoms with Gasteiger partial charge in [-0.15, -0.1) is 0 Å². The summed E-state index contributed by atoms with van der Waals surface area (Å²) >= 11 is 5.65. The van der Waals surface area contributed by atoms with Crippen molar-refractivity contribution in [2.45, 2.75) is 6.04 Å². The van der Waals surface area contributed by atoms with Gasteiger partial charge in [-0.3, -0.25) is 0 Å². The van der Waals surface area contributed by atoms with Crippen LogP contribution < -0.4 is 10.5 Å². The summed E-state index contributed by atoms with van der Waals surface area (Å²) in [6.45, 7) is 0.374. The van der Waals surface area contributed by atoms with Gasteiger partial charge in [0.15, 0.2) is 0 Å². The summed E-state index contributed by atoms with van der Waals surface area (Å²) in [7, 11) is 0. The molecule has 1 aromatic rings. The van der Waals surface area contributed by atoms with Gasteiger partial charge in [-0.1, -0.05) is 17.7 Å². The van der Waals surface area contributed by atoms with E-state index < -0.39 is 5.82 Å². The van der Waals surface area contributed by atoms with E-state index in [0.717, 1.165) is 5.56 Å². The van der Waals surface area contributed by atoms with Crippen molar-refractivity contribution >= 4 is 11.6 Å². The van der Waals surface area contributed by atoms with Crippen LogP contribution in [0.4, 0.5) is 4.39 Å². The monoisotopic (exact) mass is 187 g/mol. The van der Waals surface area contributed by atoms with Crippen molar-refractivity contribution in [3.63, 3.8) is 0 Å². The molecule has 1 aliphatic rings. The minimum atomic E-state index is -0.468. The molecule has 0 spiro atoms. The molecule has 1 aromatic carbocycles. The van der Waals surface area contributed by atoms with Crippen molar-refractivity contribution in [1.29, 1.82) is 0 Å². The molecule has 4 heteroatoms. The van der Waals surface area contributed by atoms with Crippen molar-refractivity contribution in [2.24, 2.45) is 5.73 Å². The number of hydrogen-bond acceptors (Lipinski definition) is 2. The lowest BCUT2D eigenvalue weighted by atomic mass is 10.1. The Balaban J connectivity index is 2.60. The van der Waals surface area contributed by atoms with E-state index in [9.17, 15) is 4.39 Å². The second kappa shape index (κ2) is 2.61. The van der Waals surface area contributed by atoms with Crippen LogP contribution in [-0.4, -0.2) is 6.61 Å². The third-order valence-corrected chi connectivity index (χ3v) is 2.24. The summed E-state index contributed by atoms with van der Waals surface area (Å²) in [4.78, 5) is 0. The zero-order chi connectivity index (χ0) is 8.72. The lowest BCUT2D eigenvalue weighted by Gasteiger charge is -2.02. The number of nitrogens with two attached hydrogens (primary N) is 1. The topological polar surface area (TPSA) is 35.2 Å². The van der Waals surface area contributed by atoms with E-state index in [2.05, 4.69) is 0 Å². The van der Waals surface area contributed by atoms with Gasteiger partial charge in [0.1, 0.15) is 23.2 Å². The molecule has 1 atom stereocenters. The van der Waals surface area contributed by atoms with Crippen molar-refractivity contribution in [3.8, 4) is 5.75 Å². The van der Waals surface area contributed by atoms with Gasteiger partial charge in [0, 0.05) is 5.56 Å². The maximum Gasteiger partial charge on any atom is 0.145 e. The summed E-state index contributed by atoms with van der Waals surface area (Å²) in [6.07, 6.45) is 0. The molecule has 0 fully saturated rings. The first kappa shape index (κ1) is 7.83. The average molecular weight is 188 g/mol. The number of hydrogen-bond donors (Lipinski definition) is 1. The molecule has 0 bridgehead atoms. The summed E-state index contributed by atoms with van der Waals surface area (Å²) in [5, 5.41) is 0.0282. The molecule has 0 saturated heterocycles. The highest BCUT2D eigenvalue weighted by atomic mass is 35.5. The molecule has 0 aliphatic carbocycles. The van der Waals surface area contributed by atoms with Gasteiger partial charge in [-0.25, -0.2) is 4.39 Å². The van der Waals surface area contributed by atoms with E-state index in [4.69, 9.17) is 22.1 Å². The number of benzene rings is 1. The van der Waals surface area contributed by atoms with E-state index in [1.54, 1.807) is 6.07 Å². The molecular formula is C8H7ClFNO. The zero-order valence-electron chi connectivity index (χ0n) is 6.18. The van der Waals surface area contributed by atoms with Gasteiger partial charge in [-0.2, -0.15) is 0 Å². The van der Waals surface area contributed by atoms with Crippen molar-refractivity contribution in [1.82, 2.24) is 0 Å². The number of ether oxygens (including phenoxy) is 1. The van der Waals surface area contributed by atoms with E-state index in [-0.39, 0.29) is 11.1 Å². The maximum absolute atomic E-state index is 12.8. The maximum atomic E-state index is 12.8. The Kier molecular flexibility index (Phi) is 1.70. The van der Waals surface area contributed by atoms with Gasteiger partial charge in [0.2, 0.25) is 0 Å². The van der Waals surface area contributed by atoms with Gasteiger partial charge in [0.05, 0.1) is 6.04 Å². The highest BCUT2D eigenvalue weighted by Crippen LogP contribution is 2.38. The molecular weight excluding hydrogens is 181 g/mol. The van der Waals surface area contributed by atoms with Crippen LogP contribution in [0.2, 0.25) is 5.02 Å². The fourth-order valence-electron chi connectivity index (χ4n) is 1.25. The fraction of sp³-hybridized carbons (Fsp3) is 0.250. The molecule has 64 valence electrons. The van der Waals surface area contributed by atoms with Crippen LogP contribution in [0.5, 0.6) is 5.75 Å². The van der Waals surface area contributed by atoms with Gasteiger partial charge >= 0.3 is 0 Å². The summed E-state index contributed by atoms with van der Waals surface area (Å²) in [5.41, 5.74) is 6.44. The van der Waals surface area contributed by atoms with E-state index in [1.807, 2.05) is 0 Å². The lowest BCUT2D eigenvalue weighted by molar-refractivity contribution is 0.332. The second-order valence-corrected chi connectivity index (χ2v) is 3.08. The number of rotatable bonds is 0. The van der Waals surface area contributed by atoms with Crippen LogP contribution in [-0.2, 0) is 0 Å². The Morgan fingerprint density at radius 1 is 1.58 bits per heavy atom. The lowest BCUT2D eigenvalue weighted by Crippen LogP contribution is -2.10. The smallest absolute Gasteiger partial charge is 0.145 e. The van der Waals surface area contributed by atoms with Gasteiger partial charge in [0.25, 0.3) is 0 Å². The Morgan fingerprint density at radius 3 is 3.08 bits per heavy atom. The molecule has 1 unspecified atom stereocenters. The van der Waals surface area contributed by atoms with Crippen LogP contribution in [0.15, 0.2) is 12.1 Å². The third-order valence-electron chi connectivity index (χ3n) is 1.89. The van der Waals surface area contributed by atoms with Crippen LogP contribution in [0.3, 0.4) is 0 Å². The molecule has 2 rings (SSSR count). The second-order valence-electron chi connectivity index (χ2n) is 2.70. The first-order chi connectivity index (χ1) is 5.70. The predicted molar refractivity (Wildman–Crippen MR) is 43.8 cm³/mol. The Bertz CT molecular complexity index is 329. The van der Waals surface area contributed by atoms with Crippen LogP contribution in [0.1, 0.15) is 11.6 Å². The fourth-order valence-corrected chi connectivity index (χ4v) is 1.48. The molecule has 0 aromatic heterocycles. The van der Waals surface area contributed by atoms with Crippen molar-refractivity contribution in [3.05, 3.63) is 28.5 Å². The minimum Gasteiger partial charge on any atom is -0.490 e. The first-order valence-corrected chi connectivity index (χ1v) is 3.94. The molecule has 0 radical (unpaired) electrons. The van der Waals surface area contributed by atoms with Crippen molar-refractivity contribution in [2.75, 3.05) is 6.61 Å². The molecule has 2 nitrogen and oxygen atoms in total. The average Bonchev–Trinajstić information content (AvgIpc) is 2.41. The van der Waals surface area contributed by atoms with Crippen molar-refractivity contribution < 1.29 is 9.13 Å². The van der Waals surface area contributed by atoms with Gasteiger partial charge < -0.3 is 10.5 Å². The Hall–Kier alpha value is -0.800. The Labute approximate surface area is 74.1 Å². The third kappa shape index (κ3) is 0.974. The Morgan fingerprint density at radius 2 is 2.33 bits per heavy atom. The van der Waals surface area contributed by atoms with Crippen LogP contribution in [0.25, 0.3) is 0 Å². The molecule has 0 saturated carbocycles. The molecule has 1 aliphatic heterocycles. The minimum absolute atomic E-state index is 0.0282. The predicted octanol–water partition coefficient (Wildman–Crippen LogP) is 1.87. The summed E-state index contributed by atoms with van der Waals surface area (Å²) in [6, 6.07) is 2.72. The largest absolute Gasteiger partial charge is 0.490 e.